The number of hydrogen-bond donors (Lipinski definition) is 1. The second kappa shape index (κ2) is 7.27. The molecule has 0 atom stereocenters. The molecule has 7 heteroatoms. The van der Waals surface area contributed by atoms with Crippen LogP contribution >= 0.6 is 45.9 Å². The van der Waals surface area contributed by atoms with Crippen LogP contribution in [0.3, 0.4) is 0 Å². The maximum absolute atomic E-state index is 12.0. The molecule has 0 saturated carbocycles. The molecule has 1 N–H and O–H groups in total. The van der Waals surface area contributed by atoms with Crippen molar-refractivity contribution in [2.45, 2.75) is 0 Å². The molecule has 0 aliphatic heterocycles. The molecule has 3 nitrogen and oxygen atoms in total. The molecule has 1 amide bonds. The molecule has 0 radical (unpaired) electrons. The Morgan fingerprint density at radius 1 is 1.13 bits per heavy atom. The van der Waals surface area contributed by atoms with E-state index in [9.17, 15) is 4.79 Å². The monoisotopic (exact) mass is 380 g/mol. The predicted molar refractivity (Wildman–Crippen MR) is 99.6 cm³/mol. The summed E-state index contributed by atoms with van der Waals surface area (Å²) in [5.74, 6) is -0.284. The summed E-state index contributed by atoms with van der Waals surface area (Å²) >= 11 is 15.1. The minimum Gasteiger partial charge on any atom is -0.298 e. The van der Waals surface area contributed by atoms with E-state index in [0.29, 0.717) is 20.7 Å². The van der Waals surface area contributed by atoms with Gasteiger partial charge in [0.05, 0.1) is 10.6 Å². The predicted octanol–water partition coefficient (Wildman–Crippen LogP) is 5.83. The third kappa shape index (κ3) is 4.00. The minimum atomic E-state index is -0.284. The first-order chi connectivity index (χ1) is 11.1. The summed E-state index contributed by atoms with van der Waals surface area (Å²) in [4.78, 5) is 17.5. The van der Waals surface area contributed by atoms with Crippen molar-refractivity contribution < 1.29 is 4.79 Å². The number of aromatic nitrogens is 1. The molecule has 0 fully saturated rings. The van der Waals surface area contributed by atoms with Crippen molar-refractivity contribution >= 4 is 63.0 Å². The third-order valence-corrected chi connectivity index (χ3v) is 5.22. The van der Waals surface area contributed by atoms with Crippen molar-refractivity contribution in [3.05, 3.63) is 62.8 Å². The average molecular weight is 381 g/mol. The van der Waals surface area contributed by atoms with Gasteiger partial charge < -0.3 is 0 Å². The standard InChI is InChI=1S/C16H10Cl2N2OS2/c17-11-3-1-4-12(18)10(11)6-7-15(21)20-16-19-13(9-23-16)14-5-2-8-22-14/h1-9H,(H,19,20,21). The summed E-state index contributed by atoms with van der Waals surface area (Å²) in [7, 11) is 0. The Morgan fingerprint density at radius 3 is 2.61 bits per heavy atom. The SMILES string of the molecule is O=C(C=Cc1c(Cl)cccc1Cl)Nc1nc(-c2cccs2)cs1. The molecule has 0 unspecified atom stereocenters. The number of thiazole rings is 1. The second-order valence-electron chi connectivity index (χ2n) is 4.47. The van der Waals surface area contributed by atoms with Crippen molar-refractivity contribution in [3.63, 3.8) is 0 Å². The molecule has 0 bridgehead atoms. The van der Waals surface area contributed by atoms with Gasteiger partial charge in [0.1, 0.15) is 0 Å². The number of thiophene rings is 1. The van der Waals surface area contributed by atoms with E-state index < -0.39 is 0 Å². The molecule has 2 heterocycles. The second-order valence-corrected chi connectivity index (χ2v) is 7.09. The molecule has 116 valence electrons. The van der Waals surface area contributed by atoms with E-state index in [1.165, 1.54) is 17.4 Å². The summed E-state index contributed by atoms with van der Waals surface area (Å²) in [6.07, 6.45) is 2.98. The first kappa shape index (κ1) is 16.2. The normalized spacial score (nSPS) is 11.0. The lowest BCUT2D eigenvalue weighted by Crippen LogP contribution is -2.07. The van der Waals surface area contributed by atoms with Gasteiger partial charge in [-0.3, -0.25) is 10.1 Å². The number of anilines is 1. The van der Waals surface area contributed by atoms with Crippen LogP contribution in [0.1, 0.15) is 5.56 Å². The van der Waals surface area contributed by atoms with E-state index in [1.54, 1.807) is 35.6 Å². The fourth-order valence-corrected chi connectivity index (χ4v) is 3.84. The smallest absolute Gasteiger partial charge is 0.250 e. The Kier molecular flexibility index (Phi) is 5.13. The first-order valence-electron chi connectivity index (χ1n) is 6.56. The van der Waals surface area contributed by atoms with Crippen LogP contribution in [0.25, 0.3) is 16.6 Å². The molecule has 3 aromatic rings. The van der Waals surface area contributed by atoms with E-state index in [4.69, 9.17) is 23.2 Å². The van der Waals surface area contributed by atoms with Gasteiger partial charge in [-0.05, 0) is 29.7 Å². The Bertz CT molecular complexity index is 837. The summed E-state index contributed by atoms with van der Waals surface area (Å²) in [6.45, 7) is 0. The Hall–Kier alpha value is -1.66. The average Bonchev–Trinajstić information content (AvgIpc) is 3.17. The largest absolute Gasteiger partial charge is 0.298 e. The van der Waals surface area contributed by atoms with Crippen molar-refractivity contribution in [1.82, 2.24) is 4.98 Å². The fourth-order valence-electron chi connectivity index (χ4n) is 1.84. The number of benzene rings is 1. The maximum atomic E-state index is 12.0. The third-order valence-electron chi connectivity index (χ3n) is 2.91. The highest BCUT2D eigenvalue weighted by molar-refractivity contribution is 7.16. The van der Waals surface area contributed by atoms with Crippen LogP contribution in [0.4, 0.5) is 5.13 Å². The number of halogens is 2. The molecule has 1 aromatic carbocycles. The number of nitrogens with zero attached hydrogens (tertiary/aromatic N) is 1. The van der Waals surface area contributed by atoms with E-state index >= 15 is 0 Å². The molecule has 0 aliphatic carbocycles. The number of amides is 1. The molecule has 0 saturated heterocycles. The van der Waals surface area contributed by atoms with Crippen molar-refractivity contribution in [2.75, 3.05) is 5.32 Å². The summed E-state index contributed by atoms with van der Waals surface area (Å²) < 4.78 is 0. The van der Waals surface area contributed by atoms with Crippen molar-refractivity contribution in [1.29, 1.82) is 0 Å². The zero-order valence-corrected chi connectivity index (χ0v) is 14.8. The minimum absolute atomic E-state index is 0.284. The Balaban J connectivity index is 1.69. The molecule has 2 aromatic heterocycles. The lowest BCUT2D eigenvalue weighted by atomic mass is 10.2. The van der Waals surface area contributed by atoms with Gasteiger partial charge in [-0.15, -0.1) is 22.7 Å². The summed E-state index contributed by atoms with van der Waals surface area (Å²) in [5, 5.41) is 8.18. The highest BCUT2D eigenvalue weighted by atomic mass is 35.5. The van der Waals surface area contributed by atoms with Crippen LogP contribution in [0.5, 0.6) is 0 Å². The molecular formula is C16H10Cl2N2OS2. The van der Waals surface area contributed by atoms with Gasteiger partial charge in [-0.2, -0.15) is 0 Å². The number of carbonyl (C=O) groups excluding carboxylic acids is 1. The Morgan fingerprint density at radius 2 is 1.91 bits per heavy atom. The van der Waals surface area contributed by atoms with Gasteiger partial charge in [0.25, 0.3) is 0 Å². The van der Waals surface area contributed by atoms with Crippen LogP contribution in [0.2, 0.25) is 10.0 Å². The van der Waals surface area contributed by atoms with Crippen LogP contribution in [-0.2, 0) is 4.79 Å². The van der Waals surface area contributed by atoms with E-state index in [0.717, 1.165) is 10.6 Å². The quantitative estimate of drug-likeness (QED) is 0.578. The van der Waals surface area contributed by atoms with Crippen LogP contribution in [-0.4, -0.2) is 10.9 Å². The molecule has 3 rings (SSSR count). The highest BCUT2D eigenvalue weighted by Gasteiger charge is 2.07. The van der Waals surface area contributed by atoms with E-state index in [2.05, 4.69) is 10.3 Å². The zero-order chi connectivity index (χ0) is 16.2. The van der Waals surface area contributed by atoms with Crippen LogP contribution < -0.4 is 5.32 Å². The topological polar surface area (TPSA) is 42.0 Å². The molecular weight excluding hydrogens is 371 g/mol. The lowest BCUT2D eigenvalue weighted by Gasteiger charge is -2.01. The maximum Gasteiger partial charge on any atom is 0.250 e. The van der Waals surface area contributed by atoms with Gasteiger partial charge in [-0.25, -0.2) is 4.98 Å². The van der Waals surface area contributed by atoms with Gasteiger partial charge >= 0.3 is 0 Å². The fraction of sp³-hybridized carbons (Fsp3) is 0. The van der Waals surface area contributed by atoms with Gasteiger partial charge in [0.2, 0.25) is 5.91 Å². The lowest BCUT2D eigenvalue weighted by molar-refractivity contribution is -0.111. The van der Waals surface area contributed by atoms with Crippen molar-refractivity contribution in [2.24, 2.45) is 0 Å². The van der Waals surface area contributed by atoms with E-state index in [-0.39, 0.29) is 5.91 Å². The number of carbonyl (C=O) groups is 1. The summed E-state index contributed by atoms with van der Waals surface area (Å²) in [5.41, 5.74) is 1.47. The number of hydrogen-bond acceptors (Lipinski definition) is 4. The Labute approximate surface area is 151 Å². The number of rotatable bonds is 4. The summed E-state index contributed by atoms with van der Waals surface area (Å²) in [6, 6.07) is 9.15. The van der Waals surface area contributed by atoms with Gasteiger partial charge in [-0.1, -0.05) is 35.3 Å². The molecule has 0 spiro atoms. The van der Waals surface area contributed by atoms with Gasteiger partial charge in [0.15, 0.2) is 5.13 Å². The van der Waals surface area contributed by atoms with Gasteiger partial charge in [0, 0.05) is 27.1 Å². The van der Waals surface area contributed by atoms with E-state index in [1.807, 2.05) is 22.9 Å². The van der Waals surface area contributed by atoms with Crippen molar-refractivity contribution in [3.8, 4) is 10.6 Å². The zero-order valence-electron chi connectivity index (χ0n) is 11.6. The molecule has 23 heavy (non-hydrogen) atoms. The highest BCUT2D eigenvalue weighted by Crippen LogP contribution is 2.28. The first-order valence-corrected chi connectivity index (χ1v) is 9.07. The van der Waals surface area contributed by atoms with Crippen LogP contribution in [0.15, 0.2) is 47.2 Å². The van der Waals surface area contributed by atoms with Crippen LogP contribution in [0, 0.1) is 0 Å². The molecule has 0 aliphatic rings. The number of nitrogens with one attached hydrogen (secondary N) is 1.